The first-order valence-electron chi connectivity index (χ1n) is 9.38. The predicted octanol–water partition coefficient (Wildman–Crippen LogP) is 2.23. The summed E-state index contributed by atoms with van der Waals surface area (Å²) in [6.07, 6.45) is 0.738. The highest BCUT2D eigenvalue weighted by molar-refractivity contribution is 7.09. The number of carbonyl (C=O) groups is 3. The molecule has 154 valence electrons. The lowest BCUT2D eigenvalue weighted by atomic mass is 10.2. The lowest BCUT2D eigenvalue weighted by molar-refractivity contribution is -0.121. The number of urea groups is 1. The molecule has 1 aliphatic heterocycles. The van der Waals surface area contributed by atoms with Crippen molar-refractivity contribution in [3.8, 4) is 0 Å². The molecular formula is C20H23ClN4O3S. The van der Waals surface area contributed by atoms with Crippen LogP contribution in [0.2, 0.25) is 5.02 Å². The van der Waals surface area contributed by atoms with Crippen LogP contribution in [0.3, 0.4) is 0 Å². The van der Waals surface area contributed by atoms with Gasteiger partial charge in [-0.3, -0.25) is 19.8 Å². The zero-order valence-corrected chi connectivity index (χ0v) is 17.5. The van der Waals surface area contributed by atoms with Gasteiger partial charge >= 0.3 is 6.03 Å². The quantitative estimate of drug-likeness (QED) is 0.730. The second kappa shape index (κ2) is 10.4. The molecule has 0 bridgehead atoms. The maximum Gasteiger partial charge on any atom is 0.321 e. The summed E-state index contributed by atoms with van der Waals surface area (Å²) in [4.78, 5) is 41.3. The third-order valence-corrected chi connectivity index (χ3v) is 5.76. The molecule has 4 amide bonds. The Morgan fingerprint density at radius 3 is 2.55 bits per heavy atom. The lowest BCUT2D eigenvalue weighted by Crippen LogP contribution is -2.52. The Balaban J connectivity index is 1.35. The van der Waals surface area contributed by atoms with E-state index >= 15 is 0 Å². The van der Waals surface area contributed by atoms with E-state index in [1.807, 2.05) is 22.4 Å². The molecule has 1 fully saturated rings. The van der Waals surface area contributed by atoms with Gasteiger partial charge in [0, 0.05) is 48.2 Å². The van der Waals surface area contributed by atoms with Gasteiger partial charge in [0.15, 0.2) is 0 Å². The van der Waals surface area contributed by atoms with Gasteiger partial charge in [-0.2, -0.15) is 0 Å². The number of thiophene rings is 1. The topological polar surface area (TPSA) is 81.8 Å². The summed E-state index contributed by atoms with van der Waals surface area (Å²) < 4.78 is 0. The molecule has 3 rings (SSSR count). The summed E-state index contributed by atoms with van der Waals surface area (Å²) >= 11 is 7.59. The van der Waals surface area contributed by atoms with Crippen molar-refractivity contribution in [2.75, 3.05) is 39.3 Å². The van der Waals surface area contributed by atoms with Gasteiger partial charge in [0.2, 0.25) is 5.91 Å². The van der Waals surface area contributed by atoms with Gasteiger partial charge in [0.05, 0.1) is 6.54 Å². The van der Waals surface area contributed by atoms with Crippen LogP contribution in [0.4, 0.5) is 4.79 Å². The molecule has 0 saturated carbocycles. The highest BCUT2D eigenvalue weighted by Crippen LogP contribution is 2.14. The molecule has 29 heavy (non-hydrogen) atoms. The Morgan fingerprint density at radius 2 is 1.86 bits per heavy atom. The minimum atomic E-state index is -0.485. The minimum Gasteiger partial charge on any atom is -0.337 e. The number of nitrogens with one attached hydrogen (secondary N) is 2. The largest absolute Gasteiger partial charge is 0.337 e. The number of nitrogens with zero attached hydrogens (tertiary/aromatic N) is 2. The van der Waals surface area contributed by atoms with Gasteiger partial charge in [-0.1, -0.05) is 23.7 Å². The van der Waals surface area contributed by atoms with E-state index in [0.717, 1.165) is 6.42 Å². The number of rotatable bonds is 6. The van der Waals surface area contributed by atoms with Crippen molar-refractivity contribution >= 4 is 40.8 Å². The SMILES string of the molecule is O=C(CN1CCN(C(=O)c2cccc(Cl)c2)CC1)NC(=O)NCCc1cccs1. The van der Waals surface area contributed by atoms with Crippen LogP contribution < -0.4 is 10.6 Å². The third-order valence-electron chi connectivity index (χ3n) is 4.59. The van der Waals surface area contributed by atoms with Crippen molar-refractivity contribution in [2.24, 2.45) is 0 Å². The fraction of sp³-hybridized carbons (Fsp3) is 0.350. The van der Waals surface area contributed by atoms with Crippen molar-refractivity contribution in [3.05, 3.63) is 57.2 Å². The molecule has 9 heteroatoms. The van der Waals surface area contributed by atoms with Gasteiger partial charge in [0.25, 0.3) is 5.91 Å². The molecule has 1 saturated heterocycles. The molecule has 0 spiro atoms. The second-order valence-electron chi connectivity index (χ2n) is 6.71. The number of piperazine rings is 1. The van der Waals surface area contributed by atoms with E-state index in [1.165, 1.54) is 4.88 Å². The van der Waals surface area contributed by atoms with E-state index in [-0.39, 0.29) is 18.4 Å². The van der Waals surface area contributed by atoms with Crippen molar-refractivity contribution in [2.45, 2.75) is 6.42 Å². The Labute approximate surface area is 178 Å². The summed E-state index contributed by atoms with van der Waals surface area (Å²) in [6.45, 7) is 2.78. The summed E-state index contributed by atoms with van der Waals surface area (Å²) in [5.41, 5.74) is 0.558. The molecule has 0 radical (unpaired) electrons. The summed E-state index contributed by atoms with van der Waals surface area (Å²) in [5, 5.41) is 7.55. The molecule has 2 aromatic rings. The van der Waals surface area contributed by atoms with Crippen LogP contribution in [0, 0.1) is 0 Å². The van der Waals surface area contributed by atoms with E-state index in [0.29, 0.717) is 43.3 Å². The summed E-state index contributed by atoms with van der Waals surface area (Å²) in [5.74, 6) is -0.421. The van der Waals surface area contributed by atoms with E-state index in [2.05, 4.69) is 10.6 Å². The molecule has 7 nitrogen and oxygen atoms in total. The molecule has 2 N–H and O–H groups in total. The van der Waals surface area contributed by atoms with E-state index in [4.69, 9.17) is 11.6 Å². The molecule has 0 aliphatic carbocycles. The molecule has 0 unspecified atom stereocenters. The number of imide groups is 1. The Morgan fingerprint density at radius 1 is 1.07 bits per heavy atom. The summed E-state index contributed by atoms with van der Waals surface area (Å²) in [7, 11) is 0. The van der Waals surface area contributed by atoms with Crippen molar-refractivity contribution in [1.82, 2.24) is 20.4 Å². The number of hydrogen-bond donors (Lipinski definition) is 2. The molecule has 0 atom stereocenters. The first-order chi connectivity index (χ1) is 14.0. The second-order valence-corrected chi connectivity index (χ2v) is 8.18. The van der Waals surface area contributed by atoms with Gasteiger partial charge in [-0.15, -0.1) is 11.3 Å². The maximum atomic E-state index is 12.5. The van der Waals surface area contributed by atoms with Crippen LogP contribution in [-0.4, -0.2) is 66.9 Å². The first kappa shape index (κ1) is 21.3. The van der Waals surface area contributed by atoms with Gasteiger partial charge < -0.3 is 10.2 Å². The minimum absolute atomic E-state index is 0.0679. The number of carbonyl (C=O) groups excluding carboxylic acids is 3. The Kier molecular flexibility index (Phi) is 7.62. The zero-order chi connectivity index (χ0) is 20.6. The van der Waals surface area contributed by atoms with Crippen molar-refractivity contribution < 1.29 is 14.4 Å². The van der Waals surface area contributed by atoms with Crippen LogP contribution in [0.1, 0.15) is 15.2 Å². The molecule has 2 heterocycles. The fourth-order valence-electron chi connectivity index (χ4n) is 3.08. The smallest absolute Gasteiger partial charge is 0.321 e. The summed E-state index contributed by atoms with van der Waals surface area (Å²) in [6, 6.07) is 10.4. The molecule has 1 aliphatic rings. The fourth-order valence-corrected chi connectivity index (χ4v) is 3.98. The van der Waals surface area contributed by atoms with E-state index in [1.54, 1.807) is 40.5 Å². The Bertz CT molecular complexity index is 851. The average Bonchev–Trinajstić information content (AvgIpc) is 3.21. The molecule has 1 aromatic heterocycles. The van der Waals surface area contributed by atoms with Gasteiger partial charge in [-0.05, 0) is 36.1 Å². The van der Waals surface area contributed by atoms with Crippen LogP contribution in [0.15, 0.2) is 41.8 Å². The lowest BCUT2D eigenvalue weighted by Gasteiger charge is -2.34. The normalized spacial score (nSPS) is 14.4. The molecular weight excluding hydrogens is 412 g/mol. The standard InChI is InChI=1S/C20H23ClN4O3S/c21-16-4-1-3-15(13-16)19(27)25-10-8-24(9-11-25)14-18(26)23-20(28)22-7-6-17-5-2-12-29-17/h1-5,12-13H,6-11,14H2,(H2,22,23,26,28). The van der Waals surface area contributed by atoms with Gasteiger partial charge in [-0.25, -0.2) is 4.79 Å². The monoisotopic (exact) mass is 434 g/mol. The van der Waals surface area contributed by atoms with Crippen LogP contribution in [-0.2, 0) is 11.2 Å². The highest BCUT2D eigenvalue weighted by atomic mass is 35.5. The number of hydrogen-bond acceptors (Lipinski definition) is 5. The first-order valence-corrected chi connectivity index (χ1v) is 10.6. The van der Waals surface area contributed by atoms with Crippen LogP contribution in [0.5, 0.6) is 0 Å². The molecule has 1 aromatic carbocycles. The number of halogens is 1. The average molecular weight is 435 g/mol. The highest BCUT2D eigenvalue weighted by Gasteiger charge is 2.23. The van der Waals surface area contributed by atoms with Crippen LogP contribution in [0.25, 0.3) is 0 Å². The Hall–Kier alpha value is -2.42. The van der Waals surface area contributed by atoms with Crippen LogP contribution >= 0.6 is 22.9 Å². The number of amides is 4. The van der Waals surface area contributed by atoms with Crippen molar-refractivity contribution in [1.29, 1.82) is 0 Å². The maximum absolute atomic E-state index is 12.5. The van der Waals surface area contributed by atoms with Gasteiger partial charge in [0.1, 0.15) is 0 Å². The predicted molar refractivity (Wildman–Crippen MR) is 113 cm³/mol. The van der Waals surface area contributed by atoms with E-state index in [9.17, 15) is 14.4 Å². The number of benzene rings is 1. The third kappa shape index (κ3) is 6.56. The van der Waals surface area contributed by atoms with E-state index < -0.39 is 6.03 Å². The zero-order valence-electron chi connectivity index (χ0n) is 15.9. The van der Waals surface area contributed by atoms with Crippen molar-refractivity contribution in [3.63, 3.8) is 0 Å².